The smallest absolute Gasteiger partial charge is 0.269 e. The topological polar surface area (TPSA) is 95.2 Å². The lowest BCUT2D eigenvalue weighted by molar-refractivity contribution is -0.132. The molecular formula is C19H18N4O2. The van der Waals surface area contributed by atoms with E-state index in [0.29, 0.717) is 29.1 Å². The van der Waals surface area contributed by atoms with Gasteiger partial charge in [0.05, 0.1) is 17.8 Å². The summed E-state index contributed by atoms with van der Waals surface area (Å²) < 4.78 is 0. The SMILES string of the molecule is Cc1[nH]nc(N)c1[C@@]1(O)C(=O)N(Cc2ccccc2)c2ccccc21. The van der Waals surface area contributed by atoms with Crippen molar-refractivity contribution in [1.29, 1.82) is 0 Å². The molecule has 0 aliphatic carbocycles. The summed E-state index contributed by atoms with van der Waals surface area (Å²) in [7, 11) is 0. The van der Waals surface area contributed by atoms with Gasteiger partial charge in [0.2, 0.25) is 5.60 Å². The molecule has 6 heteroatoms. The molecule has 0 saturated heterocycles. The Labute approximate surface area is 144 Å². The first-order chi connectivity index (χ1) is 12.0. The highest BCUT2D eigenvalue weighted by Gasteiger charge is 2.53. The van der Waals surface area contributed by atoms with Gasteiger partial charge in [-0.05, 0) is 18.6 Å². The molecule has 0 unspecified atom stereocenters. The summed E-state index contributed by atoms with van der Waals surface area (Å²) >= 11 is 0. The normalized spacial score (nSPS) is 19.3. The summed E-state index contributed by atoms with van der Waals surface area (Å²) in [6.45, 7) is 2.11. The van der Waals surface area contributed by atoms with Crippen molar-refractivity contribution < 1.29 is 9.90 Å². The molecule has 2 aromatic carbocycles. The molecule has 6 nitrogen and oxygen atoms in total. The third-order valence-electron chi connectivity index (χ3n) is 4.66. The zero-order valence-electron chi connectivity index (χ0n) is 13.7. The van der Waals surface area contributed by atoms with Crippen LogP contribution in [0.25, 0.3) is 0 Å². The number of benzene rings is 2. The van der Waals surface area contributed by atoms with Crippen LogP contribution < -0.4 is 10.6 Å². The molecule has 0 radical (unpaired) electrons. The number of nitrogens with zero attached hydrogens (tertiary/aromatic N) is 2. The number of H-pyrrole nitrogens is 1. The van der Waals surface area contributed by atoms with Gasteiger partial charge in [-0.15, -0.1) is 0 Å². The van der Waals surface area contributed by atoms with Crippen LogP contribution in [-0.4, -0.2) is 21.2 Å². The summed E-state index contributed by atoms with van der Waals surface area (Å²) in [4.78, 5) is 14.9. The second-order valence-electron chi connectivity index (χ2n) is 6.21. The van der Waals surface area contributed by atoms with Gasteiger partial charge in [0.15, 0.2) is 5.82 Å². The predicted molar refractivity (Wildman–Crippen MR) is 94.8 cm³/mol. The van der Waals surface area contributed by atoms with Crippen molar-refractivity contribution in [2.24, 2.45) is 0 Å². The number of nitrogens with one attached hydrogen (secondary N) is 1. The Balaban J connectivity index is 1.87. The van der Waals surface area contributed by atoms with E-state index in [1.807, 2.05) is 42.5 Å². The number of carbonyl (C=O) groups excluding carboxylic acids is 1. The fraction of sp³-hybridized carbons (Fsp3) is 0.158. The van der Waals surface area contributed by atoms with E-state index in [4.69, 9.17) is 5.73 Å². The molecule has 4 rings (SSSR count). The monoisotopic (exact) mass is 334 g/mol. The van der Waals surface area contributed by atoms with Gasteiger partial charge < -0.3 is 15.7 Å². The summed E-state index contributed by atoms with van der Waals surface area (Å²) in [6.07, 6.45) is 0. The Morgan fingerprint density at radius 1 is 1.16 bits per heavy atom. The molecule has 1 amide bonds. The Morgan fingerprint density at radius 2 is 1.84 bits per heavy atom. The van der Waals surface area contributed by atoms with Gasteiger partial charge in [-0.25, -0.2) is 0 Å². The van der Waals surface area contributed by atoms with Gasteiger partial charge in [0, 0.05) is 11.3 Å². The van der Waals surface area contributed by atoms with Crippen LogP contribution in [0.15, 0.2) is 54.6 Å². The zero-order chi connectivity index (χ0) is 17.6. The lowest BCUT2D eigenvalue weighted by Gasteiger charge is -2.23. The minimum Gasteiger partial charge on any atom is -0.382 e. The van der Waals surface area contributed by atoms with Gasteiger partial charge in [-0.1, -0.05) is 48.5 Å². The highest BCUT2D eigenvalue weighted by atomic mass is 16.3. The van der Waals surface area contributed by atoms with Crippen molar-refractivity contribution in [3.8, 4) is 0 Å². The van der Waals surface area contributed by atoms with E-state index in [0.717, 1.165) is 5.56 Å². The standard InChI is InChI=1S/C19H18N4O2/c1-12-16(17(20)22-21-12)19(25)14-9-5-6-10-15(14)23(18(19)24)11-13-7-3-2-4-8-13/h2-10,25H,11H2,1H3,(H3,20,21,22)/t19-/m1/s1. The van der Waals surface area contributed by atoms with Gasteiger partial charge in [-0.3, -0.25) is 9.89 Å². The van der Waals surface area contributed by atoms with Crippen molar-refractivity contribution in [2.75, 3.05) is 10.6 Å². The van der Waals surface area contributed by atoms with Gasteiger partial charge in [0.1, 0.15) is 0 Å². The molecule has 0 saturated carbocycles. The molecule has 0 bridgehead atoms. The van der Waals surface area contributed by atoms with E-state index < -0.39 is 11.5 Å². The number of rotatable bonds is 3. The largest absolute Gasteiger partial charge is 0.382 e. The van der Waals surface area contributed by atoms with Crippen LogP contribution in [0.1, 0.15) is 22.4 Å². The fourth-order valence-corrected chi connectivity index (χ4v) is 3.50. The predicted octanol–water partition coefficient (Wildman–Crippen LogP) is 2.08. The van der Waals surface area contributed by atoms with Crippen LogP contribution in [0.2, 0.25) is 0 Å². The number of para-hydroxylation sites is 1. The van der Waals surface area contributed by atoms with E-state index in [1.54, 1.807) is 24.0 Å². The molecule has 1 atom stereocenters. The molecule has 1 aliphatic heterocycles. The van der Waals surface area contributed by atoms with Crippen molar-refractivity contribution in [1.82, 2.24) is 10.2 Å². The first-order valence-corrected chi connectivity index (χ1v) is 8.02. The first kappa shape index (κ1) is 15.4. The van der Waals surface area contributed by atoms with Crippen LogP contribution in [0.5, 0.6) is 0 Å². The molecule has 2 heterocycles. The molecule has 1 aromatic heterocycles. The average molecular weight is 334 g/mol. The first-order valence-electron chi connectivity index (χ1n) is 8.02. The maximum absolute atomic E-state index is 13.3. The summed E-state index contributed by atoms with van der Waals surface area (Å²) in [6, 6.07) is 16.9. The maximum Gasteiger partial charge on any atom is 0.269 e. The van der Waals surface area contributed by atoms with E-state index in [9.17, 15) is 9.90 Å². The van der Waals surface area contributed by atoms with Crippen molar-refractivity contribution in [2.45, 2.75) is 19.1 Å². The van der Waals surface area contributed by atoms with Crippen molar-refractivity contribution in [3.05, 3.63) is 77.0 Å². The molecule has 4 N–H and O–H groups in total. The highest BCUT2D eigenvalue weighted by Crippen LogP contribution is 2.46. The van der Waals surface area contributed by atoms with Crippen molar-refractivity contribution >= 4 is 17.4 Å². The number of aryl methyl sites for hydroxylation is 1. The van der Waals surface area contributed by atoms with E-state index in [-0.39, 0.29) is 5.82 Å². The molecule has 0 fully saturated rings. The number of nitrogens with two attached hydrogens (primary N) is 1. The fourth-order valence-electron chi connectivity index (χ4n) is 3.50. The van der Waals surface area contributed by atoms with Crippen molar-refractivity contribution in [3.63, 3.8) is 0 Å². The Hall–Kier alpha value is -3.12. The van der Waals surface area contributed by atoms with Crippen LogP contribution in [0, 0.1) is 6.92 Å². The van der Waals surface area contributed by atoms with E-state index in [2.05, 4.69) is 10.2 Å². The molecule has 0 spiro atoms. The molecular weight excluding hydrogens is 316 g/mol. The third-order valence-corrected chi connectivity index (χ3v) is 4.66. The number of aliphatic hydroxyl groups is 1. The minimum absolute atomic E-state index is 0.129. The second kappa shape index (κ2) is 5.46. The Kier molecular flexibility index (Phi) is 3.36. The average Bonchev–Trinajstić information content (AvgIpc) is 3.07. The lowest BCUT2D eigenvalue weighted by Crippen LogP contribution is -2.41. The number of fused-ring (bicyclic) bond motifs is 1. The molecule has 1 aliphatic rings. The summed E-state index contributed by atoms with van der Waals surface area (Å²) in [5, 5.41) is 18.1. The zero-order valence-corrected chi connectivity index (χ0v) is 13.7. The Bertz CT molecular complexity index is 932. The number of carbonyl (C=O) groups is 1. The summed E-state index contributed by atoms with van der Waals surface area (Å²) in [5.41, 5.74) is 7.18. The van der Waals surface area contributed by atoms with Gasteiger partial charge in [0.25, 0.3) is 5.91 Å². The maximum atomic E-state index is 13.3. The quantitative estimate of drug-likeness (QED) is 0.683. The number of hydrogen-bond donors (Lipinski definition) is 3. The second-order valence-corrected chi connectivity index (χ2v) is 6.21. The molecule has 126 valence electrons. The van der Waals surface area contributed by atoms with E-state index in [1.165, 1.54) is 0 Å². The lowest BCUT2D eigenvalue weighted by atomic mass is 9.87. The van der Waals surface area contributed by atoms with Crippen LogP contribution >= 0.6 is 0 Å². The minimum atomic E-state index is -1.84. The van der Waals surface area contributed by atoms with E-state index >= 15 is 0 Å². The number of anilines is 2. The highest BCUT2D eigenvalue weighted by molar-refractivity contribution is 6.09. The number of hydrogen-bond acceptors (Lipinski definition) is 4. The number of aromatic nitrogens is 2. The van der Waals surface area contributed by atoms with Crippen LogP contribution in [-0.2, 0) is 16.9 Å². The van der Waals surface area contributed by atoms with Gasteiger partial charge >= 0.3 is 0 Å². The molecule has 3 aromatic rings. The third kappa shape index (κ3) is 2.15. The number of amides is 1. The number of aromatic amines is 1. The number of nitrogen functional groups attached to an aromatic ring is 1. The molecule has 25 heavy (non-hydrogen) atoms. The van der Waals surface area contributed by atoms with Gasteiger partial charge in [-0.2, -0.15) is 5.10 Å². The summed E-state index contributed by atoms with van der Waals surface area (Å²) in [5.74, 6) is -0.293. The Morgan fingerprint density at radius 3 is 2.52 bits per heavy atom. The van der Waals surface area contributed by atoms with Crippen LogP contribution in [0.3, 0.4) is 0 Å². The van der Waals surface area contributed by atoms with Crippen LogP contribution in [0.4, 0.5) is 11.5 Å².